The van der Waals surface area contributed by atoms with E-state index in [0.29, 0.717) is 12.1 Å². The quantitative estimate of drug-likeness (QED) is 0.870. The standard InChI is InChI=1S/C14H22N2O2S/c1-10-8-11(5-6-16(10)2)15-12(9-14(17)18)13-4-3-7-19-13/h3-4,7,10-12,15H,5-6,8-9H2,1-2H3,(H,17,18). The Bertz CT molecular complexity index is 408. The van der Waals surface area contributed by atoms with Gasteiger partial charge in [0.25, 0.3) is 0 Å². The van der Waals surface area contributed by atoms with Crippen LogP contribution in [0, 0.1) is 0 Å². The Morgan fingerprint density at radius 2 is 2.47 bits per heavy atom. The largest absolute Gasteiger partial charge is 0.481 e. The van der Waals surface area contributed by atoms with Crippen LogP contribution in [0.1, 0.15) is 37.1 Å². The highest BCUT2D eigenvalue weighted by Crippen LogP contribution is 2.25. The fraction of sp³-hybridized carbons (Fsp3) is 0.643. The van der Waals surface area contributed by atoms with Gasteiger partial charge >= 0.3 is 5.97 Å². The van der Waals surface area contributed by atoms with E-state index in [2.05, 4.69) is 24.2 Å². The lowest BCUT2D eigenvalue weighted by Crippen LogP contribution is -2.46. The normalized spacial score (nSPS) is 26.2. The van der Waals surface area contributed by atoms with Gasteiger partial charge in [-0.05, 0) is 44.8 Å². The van der Waals surface area contributed by atoms with Gasteiger partial charge in [-0.15, -0.1) is 11.3 Å². The van der Waals surface area contributed by atoms with E-state index in [9.17, 15) is 4.79 Å². The van der Waals surface area contributed by atoms with E-state index in [1.807, 2.05) is 17.5 Å². The lowest BCUT2D eigenvalue weighted by Gasteiger charge is -2.37. The monoisotopic (exact) mass is 282 g/mol. The molecule has 3 atom stereocenters. The molecule has 2 N–H and O–H groups in total. The van der Waals surface area contributed by atoms with Gasteiger partial charge in [-0.25, -0.2) is 0 Å². The van der Waals surface area contributed by atoms with E-state index in [-0.39, 0.29) is 12.5 Å². The summed E-state index contributed by atoms with van der Waals surface area (Å²) in [6, 6.07) is 4.91. The first kappa shape index (κ1) is 14.5. The molecule has 0 radical (unpaired) electrons. The number of carbonyl (C=O) groups is 1. The van der Waals surface area contributed by atoms with Crippen LogP contribution in [-0.4, -0.2) is 41.7 Å². The van der Waals surface area contributed by atoms with Crippen molar-refractivity contribution >= 4 is 17.3 Å². The molecule has 2 heterocycles. The van der Waals surface area contributed by atoms with Gasteiger partial charge in [0.1, 0.15) is 0 Å². The van der Waals surface area contributed by atoms with Crippen LogP contribution in [0.3, 0.4) is 0 Å². The van der Waals surface area contributed by atoms with Gasteiger partial charge in [-0.3, -0.25) is 4.79 Å². The minimum atomic E-state index is -0.744. The molecule has 1 fully saturated rings. The van der Waals surface area contributed by atoms with E-state index in [1.165, 1.54) is 0 Å². The van der Waals surface area contributed by atoms with Crippen molar-refractivity contribution in [3.63, 3.8) is 0 Å². The van der Waals surface area contributed by atoms with Crippen LogP contribution in [0.25, 0.3) is 0 Å². The molecule has 0 bridgehead atoms. The van der Waals surface area contributed by atoms with Crippen molar-refractivity contribution in [2.24, 2.45) is 0 Å². The molecule has 106 valence electrons. The van der Waals surface area contributed by atoms with E-state index in [1.54, 1.807) is 11.3 Å². The molecule has 0 spiro atoms. The number of rotatable bonds is 5. The molecule has 3 unspecified atom stereocenters. The zero-order valence-electron chi connectivity index (χ0n) is 11.5. The van der Waals surface area contributed by atoms with Gasteiger partial charge in [-0.2, -0.15) is 0 Å². The highest BCUT2D eigenvalue weighted by molar-refractivity contribution is 7.10. The van der Waals surface area contributed by atoms with Crippen molar-refractivity contribution in [2.75, 3.05) is 13.6 Å². The van der Waals surface area contributed by atoms with Crippen LogP contribution < -0.4 is 5.32 Å². The maximum atomic E-state index is 11.0. The smallest absolute Gasteiger partial charge is 0.305 e. The Hall–Kier alpha value is -0.910. The van der Waals surface area contributed by atoms with Crippen LogP contribution in [0.4, 0.5) is 0 Å². The molecule has 0 amide bonds. The number of hydrogen-bond donors (Lipinski definition) is 2. The van der Waals surface area contributed by atoms with Crippen molar-refractivity contribution < 1.29 is 9.90 Å². The fourth-order valence-electron chi connectivity index (χ4n) is 2.63. The number of carboxylic acids is 1. The molecule has 1 aliphatic rings. The zero-order valence-corrected chi connectivity index (χ0v) is 12.3. The number of nitrogens with one attached hydrogen (secondary N) is 1. The molecule has 0 aliphatic carbocycles. The number of aliphatic carboxylic acids is 1. The molecular formula is C14H22N2O2S. The molecule has 19 heavy (non-hydrogen) atoms. The second kappa shape index (κ2) is 6.50. The van der Waals surface area contributed by atoms with E-state index >= 15 is 0 Å². The maximum Gasteiger partial charge on any atom is 0.305 e. The summed E-state index contributed by atoms with van der Waals surface area (Å²) in [6.45, 7) is 3.30. The van der Waals surface area contributed by atoms with Gasteiger partial charge in [0.15, 0.2) is 0 Å². The zero-order chi connectivity index (χ0) is 13.8. The summed E-state index contributed by atoms with van der Waals surface area (Å²) in [5, 5.41) is 14.6. The van der Waals surface area contributed by atoms with Crippen molar-refractivity contribution in [2.45, 2.75) is 44.3 Å². The molecular weight excluding hydrogens is 260 g/mol. The summed E-state index contributed by atoms with van der Waals surface area (Å²) < 4.78 is 0. The number of nitrogens with zero attached hydrogens (tertiary/aromatic N) is 1. The third-order valence-corrected chi connectivity index (χ3v) is 4.90. The van der Waals surface area contributed by atoms with Crippen molar-refractivity contribution in [1.29, 1.82) is 0 Å². The highest BCUT2D eigenvalue weighted by Gasteiger charge is 2.26. The van der Waals surface area contributed by atoms with Crippen molar-refractivity contribution in [3.05, 3.63) is 22.4 Å². The molecule has 1 aromatic heterocycles. The third-order valence-electron chi connectivity index (χ3n) is 3.91. The van der Waals surface area contributed by atoms with Crippen molar-refractivity contribution in [3.8, 4) is 0 Å². The van der Waals surface area contributed by atoms with Gasteiger partial charge in [0, 0.05) is 17.0 Å². The molecule has 1 aliphatic heterocycles. The number of carboxylic acid groups (broad SMARTS) is 1. The SMILES string of the molecule is CC1CC(NC(CC(=O)O)c2cccs2)CCN1C. The maximum absolute atomic E-state index is 11.0. The Morgan fingerprint density at radius 1 is 1.68 bits per heavy atom. The minimum absolute atomic E-state index is 0.0573. The first-order valence-electron chi connectivity index (χ1n) is 6.77. The molecule has 0 aromatic carbocycles. The van der Waals surface area contributed by atoms with Crippen LogP contribution in [0.15, 0.2) is 17.5 Å². The lowest BCUT2D eigenvalue weighted by atomic mass is 9.97. The highest BCUT2D eigenvalue weighted by atomic mass is 32.1. The Labute approximate surface area is 118 Å². The Kier molecular flexibility index (Phi) is 4.96. The number of hydrogen-bond acceptors (Lipinski definition) is 4. The molecule has 2 rings (SSSR count). The number of thiophene rings is 1. The van der Waals surface area contributed by atoms with Crippen molar-refractivity contribution in [1.82, 2.24) is 10.2 Å². The van der Waals surface area contributed by atoms with Crippen LogP contribution >= 0.6 is 11.3 Å². The summed E-state index contributed by atoms with van der Waals surface area (Å²) in [6.07, 6.45) is 2.32. The molecule has 1 saturated heterocycles. The molecule has 5 heteroatoms. The average Bonchev–Trinajstić information content (AvgIpc) is 2.86. The number of likely N-dealkylation sites (tertiary alicyclic amines) is 1. The summed E-state index contributed by atoms with van der Waals surface area (Å²) in [4.78, 5) is 14.5. The first-order chi connectivity index (χ1) is 9.06. The topological polar surface area (TPSA) is 52.6 Å². The Balaban J connectivity index is 1.98. The van der Waals surface area contributed by atoms with Crippen LogP contribution in [0.5, 0.6) is 0 Å². The van der Waals surface area contributed by atoms with Gasteiger partial charge in [0.05, 0.1) is 12.5 Å². The van der Waals surface area contributed by atoms with E-state index < -0.39 is 5.97 Å². The van der Waals surface area contributed by atoms with Gasteiger partial charge < -0.3 is 15.3 Å². The van der Waals surface area contributed by atoms with Crippen LogP contribution in [0.2, 0.25) is 0 Å². The molecule has 4 nitrogen and oxygen atoms in total. The predicted octanol–water partition coefficient (Wildman–Crippen LogP) is 2.34. The second-order valence-electron chi connectivity index (χ2n) is 5.38. The Morgan fingerprint density at radius 3 is 3.05 bits per heavy atom. The fourth-order valence-corrected chi connectivity index (χ4v) is 3.42. The van der Waals surface area contributed by atoms with E-state index in [0.717, 1.165) is 24.3 Å². The minimum Gasteiger partial charge on any atom is -0.481 e. The first-order valence-corrected chi connectivity index (χ1v) is 7.65. The second-order valence-corrected chi connectivity index (χ2v) is 6.36. The number of piperidine rings is 1. The van der Waals surface area contributed by atoms with E-state index in [4.69, 9.17) is 5.11 Å². The summed E-state index contributed by atoms with van der Waals surface area (Å²) in [5.74, 6) is -0.744. The van der Waals surface area contributed by atoms with Gasteiger partial charge in [0.2, 0.25) is 0 Å². The van der Waals surface area contributed by atoms with Gasteiger partial charge in [-0.1, -0.05) is 6.07 Å². The summed E-state index contributed by atoms with van der Waals surface area (Å²) in [5.41, 5.74) is 0. The predicted molar refractivity (Wildman–Crippen MR) is 77.6 cm³/mol. The van der Waals surface area contributed by atoms with Crippen LogP contribution in [-0.2, 0) is 4.79 Å². The third kappa shape index (κ3) is 4.03. The molecule has 1 aromatic rings. The summed E-state index contributed by atoms with van der Waals surface area (Å²) >= 11 is 1.63. The molecule has 0 saturated carbocycles. The lowest BCUT2D eigenvalue weighted by molar-refractivity contribution is -0.137. The summed E-state index contributed by atoms with van der Waals surface area (Å²) in [7, 11) is 2.15. The average molecular weight is 282 g/mol.